The molecule has 3 fully saturated rings. The standard InChI is InChI=1S/C19H37N3.ClH/c1-16(2)17-4-6-18(7-5-17)22-12-10-21(11-13-22)15-19(3)8-9-20-14-19;/h16-18,20H,4-15H2,1-3H3;1H. The molecule has 0 aromatic heterocycles. The van der Waals surface area contributed by atoms with Crippen LogP contribution in [-0.4, -0.2) is 61.7 Å². The first kappa shape index (κ1) is 19.5. The maximum Gasteiger partial charge on any atom is 0.0113 e. The second-order valence-corrected chi connectivity index (χ2v) is 8.86. The van der Waals surface area contributed by atoms with Crippen LogP contribution < -0.4 is 5.32 Å². The number of piperazine rings is 1. The molecule has 3 aliphatic rings. The SMILES string of the molecule is CC(C)C1CCC(N2CCN(CC3(C)CCNC3)CC2)CC1.Cl. The fraction of sp³-hybridized carbons (Fsp3) is 1.00. The minimum atomic E-state index is 0. The average molecular weight is 344 g/mol. The summed E-state index contributed by atoms with van der Waals surface area (Å²) >= 11 is 0. The lowest BCUT2D eigenvalue weighted by Crippen LogP contribution is -2.53. The molecular weight excluding hydrogens is 306 g/mol. The minimum Gasteiger partial charge on any atom is -0.316 e. The highest BCUT2D eigenvalue weighted by Gasteiger charge is 2.33. The van der Waals surface area contributed by atoms with Gasteiger partial charge in [0.05, 0.1) is 0 Å². The molecule has 0 aromatic carbocycles. The molecule has 1 aliphatic carbocycles. The van der Waals surface area contributed by atoms with Crippen LogP contribution in [0.5, 0.6) is 0 Å². The summed E-state index contributed by atoms with van der Waals surface area (Å²) in [7, 11) is 0. The van der Waals surface area contributed by atoms with Crippen molar-refractivity contribution in [1.29, 1.82) is 0 Å². The predicted molar refractivity (Wildman–Crippen MR) is 101 cm³/mol. The van der Waals surface area contributed by atoms with Crippen molar-refractivity contribution in [3.8, 4) is 0 Å². The van der Waals surface area contributed by atoms with Crippen LogP contribution in [0.2, 0.25) is 0 Å². The fourth-order valence-corrected chi connectivity index (χ4v) is 4.96. The topological polar surface area (TPSA) is 18.5 Å². The van der Waals surface area contributed by atoms with Gasteiger partial charge in [-0.25, -0.2) is 0 Å². The molecule has 2 aliphatic heterocycles. The molecule has 2 heterocycles. The highest BCUT2D eigenvalue weighted by Crippen LogP contribution is 2.33. The number of nitrogens with one attached hydrogen (secondary N) is 1. The molecule has 0 aromatic rings. The Morgan fingerprint density at radius 3 is 2.22 bits per heavy atom. The third-order valence-corrected chi connectivity index (χ3v) is 6.67. The number of hydrogen-bond acceptors (Lipinski definition) is 3. The zero-order valence-electron chi connectivity index (χ0n) is 15.5. The first-order valence-corrected chi connectivity index (χ1v) is 9.73. The van der Waals surface area contributed by atoms with E-state index in [0.717, 1.165) is 17.9 Å². The third-order valence-electron chi connectivity index (χ3n) is 6.67. The molecule has 0 spiro atoms. The van der Waals surface area contributed by atoms with Crippen LogP contribution in [0.3, 0.4) is 0 Å². The van der Waals surface area contributed by atoms with Gasteiger partial charge in [0.1, 0.15) is 0 Å². The Kier molecular flexibility index (Phi) is 7.21. The highest BCUT2D eigenvalue weighted by molar-refractivity contribution is 5.85. The molecule has 1 saturated carbocycles. The summed E-state index contributed by atoms with van der Waals surface area (Å²) < 4.78 is 0. The van der Waals surface area contributed by atoms with Gasteiger partial charge in [0.2, 0.25) is 0 Å². The molecule has 4 heteroatoms. The van der Waals surface area contributed by atoms with E-state index >= 15 is 0 Å². The summed E-state index contributed by atoms with van der Waals surface area (Å²) in [6.45, 7) is 16.2. The maximum atomic E-state index is 3.54. The Hall–Kier alpha value is 0.170. The molecule has 136 valence electrons. The van der Waals surface area contributed by atoms with E-state index in [1.54, 1.807) is 0 Å². The van der Waals surface area contributed by atoms with E-state index < -0.39 is 0 Å². The van der Waals surface area contributed by atoms with Crippen molar-refractivity contribution in [3.63, 3.8) is 0 Å². The lowest BCUT2D eigenvalue weighted by atomic mass is 9.79. The summed E-state index contributed by atoms with van der Waals surface area (Å²) in [5.41, 5.74) is 0.525. The maximum absolute atomic E-state index is 3.54. The smallest absolute Gasteiger partial charge is 0.0113 e. The molecule has 0 radical (unpaired) electrons. The van der Waals surface area contributed by atoms with Gasteiger partial charge in [0, 0.05) is 45.3 Å². The largest absolute Gasteiger partial charge is 0.316 e. The van der Waals surface area contributed by atoms with E-state index in [-0.39, 0.29) is 12.4 Å². The second-order valence-electron chi connectivity index (χ2n) is 8.86. The average Bonchev–Trinajstić information content (AvgIpc) is 2.94. The fourth-order valence-electron chi connectivity index (χ4n) is 4.96. The molecule has 1 atom stereocenters. The van der Waals surface area contributed by atoms with Crippen LogP contribution in [0.25, 0.3) is 0 Å². The summed E-state index contributed by atoms with van der Waals surface area (Å²) in [6.07, 6.45) is 7.18. The van der Waals surface area contributed by atoms with Crippen molar-refractivity contribution in [2.24, 2.45) is 17.3 Å². The van der Waals surface area contributed by atoms with Crippen molar-refractivity contribution in [2.75, 3.05) is 45.8 Å². The molecular formula is C19H38ClN3. The van der Waals surface area contributed by atoms with E-state index in [4.69, 9.17) is 0 Å². The normalized spacial score (nSPS) is 37.0. The van der Waals surface area contributed by atoms with Gasteiger partial charge in [-0.1, -0.05) is 20.8 Å². The van der Waals surface area contributed by atoms with E-state index in [0.29, 0.717) is 5.41 Å². The monoisotopic (exact) mass is 343 g/mol. The third kappa shape index (κ3) is 5.07. The lowest BCUT2D eigenvalue weighted by molar-refractivity contribution is 0.0500. The van der Waals surface area contributed by atoms with Crippen molar-refractivity contribution in [2.45, 2.75) is 58.9 Å². The van der Waals surface area contributed by atoms with E-state index in [1.807, 2.05) is 0 Å². The Morgan fingerprint density at radius 1 is 1.04 bits per heavy atom. The van der Waals surface area contributed by atoms with Crippen molar-refractivity contribution >= 4 is 12.4 Å². The summed E-state index contributed by atoms with van der Waals surface area (Å²) in [6, 6.07) is 0.890. The second kappa shape index (κ2) is 8.51. The van der Waals surface area contributed by atoms with E-state index in [9.17, 15) is 0 Å². The van der Waals surface area contributed by atoms with Crippen LogP contribution in [0.1, 0.15) is 52.9 Å². The summed E-state index contributed by atoms with van der Waals surface area (Å²) in [5, 5.41) is 3.54. The van der Waals surface area contributed by atoms with Crippen LogP contribution in [0.4, 0.5) is 0 Å². The number of nitrogens with zero attached hydrogens (tertiary/aromatic N) is 2. The Labute approximate surface area is 150 Å². The van der Waals surface area contributed by atoms with Crippen LogP contribution in [0, 0.1) is 17.3 Å². The molecule has 3 rings (SSSR count). The summed E-state index contributed by atoms with van der Waals surface area (Å²) in [5.74, 6) is 1.88. The van der Waals surface area contributed by atoms with Crippen molar-refractivity contribution < 1.29 is 0 Å². The minimum absolute atomic E-state index is 0. The molecule has 3 nitrogen and oxygen atoms in total. The van der Waals surface area contributed by atoms with Crippen molar-refractivity contribution in [3.05, 3.63) is 0 Å². The van der Waals surface area contributed by atoms with Gasteiger partial charge in [0.15, 0.2) is 0 Å². The van der Waals surface area contributed by atoms with Gasteiger partial charge in [0.25, 0.3) is 0 Å². The molecule has 1 unspecified atom stereocenters. The summed E-state index contributed by atoms with van der Waals surface area (Å²) in [4.78, 5) is 5.53. The molecule has 23 heavy (non-hydrogen) atoms. The van der Waals surface area contributed by atoms with Crippen LogP contribution in [0.15, 0.2) is 0 Å². The zero-order valence-corrected chi connectivity index (χ0v) is 16.3. The van der Waals surface area contributed by atoms with Gasteiger partial charge in [-0.2, -0.15) is 0 Å². The van der Waals surface area contributed by atoms with Crippen LogP contribution >= 0.6 is 12.4 Å². The molecule has 0 amide bonds. The van der Waals surface area contributed by atoms with Crippen LogP contribution in [-0.2, 0) is 0 Å². The first-order valence-electron chi connectivity index (χ1n) is 9.73. The number of rotatable bonds is 4. The lowest BCUT2D eigenvalue weighted by Gasteiger charge is -2.44. The molecule has 2 saturated heterocycles. The Bertz CT molecular complexity index is 339. The molecule has 0 bridgehead atoms. The van der Waals surface area contributed by atoms with E-state index in [1.165, 1.54) is 77.9 Å². The van der Waals surface area contributed by atoms with Gasteiger partial charge < -0.3 is 10.2 Å². The zero-order chi connectivity index (χ0) is 15.6. The van der Waals surface area contributed by atoms with E-state index in [2.05, 4.69) is 35.9 Å². The predicted octanol–water partition coefficient (Wildman–Crippen LogP) is 3.24. The van der Waals surface area contributed by atoms with Crippen molar-refractivity contribution in [1.82, 2.24) is 15.1 Å². The Balaban J connectivity index is 0.00000192. The first-order chi connectivity index (χ1) is 10.6. The number of halogens is 1. The quantitative estimate of drug-likeness (QED) is 0.845. The highest BCUT2D eigenvalue weighted by atomic mass is 35.5. The van der Waals surface area contributed by atoms with Gasteiger partial charge >= 0.3 is 0 Å². The van der Waals surface area contributed by atoms with Gasteiger partial charge in [-0.3, -0.25) is 4.90 Å². The van der Waals surface area contributed by atoms with Gasteiger partial charge in [-0.15, -0.1) is 12.4 Å². The molecule has 1 N–H and O–H groups in total. The van der Waals surface area contributed by atoms with Gasteiger partial charge in [-0.05, 0) is 55.9 Å². The number of hydrogen-bond donors (Lipinski definition) is 1. The Morgan fingerprint density at radius 2 is 1.70 bits per heavy atom.